The average Bonchev–Trinajstić information content (AvgIpc) is 3.27. The van der Waals surface area contributed by atoms with Gasteiger partial charge in [-0.3, -0.25) is 4.79 Å². The van der Waals surface area contributed by atoms with Gasteiger partial charge in [-0.25, -0.2) is 12.8 Å². The maximum absolute atomic E-state index is 13.2. The second-order valence-corrected chi connectivity index (χ2v) is 9.02. The van der Waals surface area contributed by atoms with E-state index in [1.165, 1.54) is 16.4 Å². The first-order valence-corrected chi connectivity index (χ1v) is 11.3. The lowest BCUT2D eigenvalue weighted by atomic mass is 10.2. The SMILES string of the molecule is O=C(Nc1ccccc1Oc1ccccc1)C1CCCN1S(=O)(=O)c1ccc(F)cc1. The maximum Gasteiger partial charge on any atom is 0.243 e. The predicted molar refractivity (Wildman–Crippen MR) is 115 cm³/mol. The summed E-state index contributed by atoms with van der Waals surface area (Å²) in [6, 6.07) is 19.9. The zero-order valence-electron chi connectivity index (χ0n) is 16.6. The number of hydrogen-bond donors (Lipinski definition) is 1. The summed E-state index contributed by atoms with van der Waals surface area (Å²) in [5, 5.41) is 2.81. The number of halogens is 1. The van der Waals surface area contributed by atoms with Gasteiger partial charge in [0, 0.05) is 6.54 Å². The number of amides is 1. The number of para-hydroxylation sites is 3. The van der Waals surface area contributed by atoms with E-state index in [1.54, 1.807) is 36.4 Å². The Morgan fingerprint density at radius 2 is 1.65 bits per heavy atom. The van der Waals surface area contributed by atoms with E-state index in [9.17, 15) is 17.6 Å². The molecule has 1 fully saturated rings. The zero-order valence-corrected chi connectivity index (χ0v) is 17.4. The third-order valence-electron chi connectivity index (χ3n) is 5.04. The summed E-state index contributed by atoms with van der Waals surface area (Å²) in [5.74, 6) is 0.107. The fraction of sp³-hybridized carbons (Fsp3) is 0.174. The molecule has 8 heteroatoms. The standard InChI is InChI=1S/C23H21FN2O4S/c24-17-12-14-19(15-13-17)31(28,29)26-16-6-10-21(26)23(27)25-20-9-4-5-11-22(20)30-18-7-2-1-3-8-18/h1-5,7-9,11-15,21H,6,10,16H2,(H,25,27). The molecule has 1 heterocycles. The number of nitrogens with zero attached hydrogens (tertiary/aromatic N) is 1. The lowest BCUT2D eigenvalue weighted by molar-refractivity contribution is -0.119. The molecule has 160 valence electrons. The summed E-state index contributed by atoms with van der Waals surface area (Å²) in [6.45, 7) is 0.222. The molecule has 4 rings (SSSR count). The van der Waals surface area contributed by atoms with Gasteiger partial charge in [-0.15, -0.1) is 0 Å². The van der Waals surface area contributed by atoms with E-state index in [2.05, 4.69) is 5.32 Å². The van der Waals surface area contributed by atoms with E-state index >= 15 is 0 Å². The van der Waals surface area contributed by atoms with Gasteiger partial charge in [0.25, 0.3) is 0 Å². The summed E-state index contributed by atoms with van der Waals surface area (Å²) in [4.78, 5) is 13.0. The average molecular weight is 440 g/mol. The lowest BCUT2D eigenvalue weighted by Gasteiger charge is -2.24. The van der Waals surface area contributed by atoms with Crippen LogP contribution < -0.4 is 10.1 Å². The minimum absolute atomic E-state index is 0.0404. The number of sulfonamides is 1. The van der Waals surface area contributed by atoms with Crippen molar-refractivity contribution in [3.63, 3.8) is 0 Å². The van der Waals surface area contributed by atoms with Gasteiger partial charge in [0.1, 0.15) is 17.6 Å². The molecular weight excluding hydrogens is 419 g/mol. The highest BCUT2D eigenvalue weighted by Gasteiger charge is 2.39. The van der Waals surface area contributed by atoms with E-state index in [0.717, 1.165) is 12.1 Å². The van der Waals surface area contributed by atoms with Gasteiger partial charge in [-0.05, 0) is 61.4 Å². The van der Waals surface area contributed by atoms with Gasteiger partial charge in [0.2, 0.25) is 15.9 Å². The Kier molecular flexibility index (Phi) is 6.01. The van der Waals surface area contributed by atoms with Crippen LogP contribution in [0.1, 0.15) is 12.8 Å². The fourth-order valence-electron chi connectivity index (χ4n) is 3.52. The second kappa shape index (κ2) is 8.87. The van der Waals surface area contributed by atoms with Crippen LogP contribution in [-0.2, 0) is 14.8 Å². The van der Waals surface area contributed by atoms with Crippen LogP contribution in [0, 0.1) is 5.82 Å². The van der Waals surface area contributed by atoms with Crippen LogP contribution in [0.25, 0.3) is 0 Å². The van der Waals surface area contributed by atoms with Crippen molar-refractivity contribution in [2.75, 3.05) is 11.9 Å². The molecule has 0 spiro atoms. The summed E-state index contributed by atoms with van der Waals surface area (Å²) >= 11 is 0. The number of carbonyl (C=O) groups excluding carboxylic acids is 1. The monoisotopic (exact) mass is 440 g/mol. The number of benzene rings is 3. The Bertz CT molecular complexity index is 1170. The van der Waals surface area contributed by atoms with Crippen LogP contribution in [0.15, 0.2) is 83.8 Å². The highest BCUT2D eigenvalue weighted by molar-refractivity contribution is 7.89. The van der Waals surface area contributed by atoms with E-state index in [0.29, 0.717) is 30.0 Å². The van der Waals surface area contributed by atoms with Crippen LogP contribution in [0.4, 0.5) is 10.1 Å². The van der Waals surface area contributed by atoms with Crippen LogP contribution in [-0.4, -0.2) is 31.2 Å². The van der Waals surface area contributed by atoms with Gasteiger partial charge >= 0.3 is 0 Å². The van der Waals surface area contributed by atoms with Gasteiger partial charge in [0.15, 0.2) is 5.75 Å². The number of ether oxygens (including phenoxy) is 1. The zero-order chi connectivity index (χ0) is 21.8. The molecule has 0 aliphatic carbocycles. The Labute approximate surface area is 180 Å². The normalized spacial score (nSPS) is 16.7. The quantitative estimate of drug-likeness (QED) is 0.616. The first-order valence-electron chi connectivity index (χ1n) is 9.85. The van der Waals surface area contributed by atoms with Crippen molar-refractivity contribution < 1.29 is 22.3 Å². The summed E-state index contributed by atoms with van der Waals surface area (Å²) in [7, 11) is -3.93. The maximum atomic E-state index is 13.2. The van der Waals surface area contributed by atoms with Crippen LogP contribution >= 0.6 is 0 Å². The van der Waals surface area contributed by atoms with Crippen molar-refractivity contribution in [3.8, 4) is 11.5 Å². The molecule has 0 saturated carbocycles. The molecule has 6 nitrogen and oxygen atoms in total. The topological polar surface area (TPSA) is 75.7 Å². The molecule has 0 aromatic heterocycles. The highest BCUT2D eigenvalue weighted by atomic mass is 32.2. The van der Waals surface area contributed by atoms with Crippen molar-refractivity contribution >= 4 is 21.6 Å². The van der Waals surface area contributed by atoms with Crippen molar-refractivity contribution in [1.82, 2.24) is 4.31 Å². The summed E-state index contributed by atoms with van der Waals surface area (Å²) in [6.07, 6.45) is 0.953. The third-order valence-corrected chi connectivity index (χ3v) is 6.96. The second-order valence-electron chi connectivity index (χ2n) is 7.13. The molecule has 3 aromatic carbocycles. The number of anilines is 1. The van der Waals surface area contributed by atoms with Crippen LogP contribution in [0.3, 0.4) is 0 Å². The molecule has 1 atom stereocenters. The van der Waals surface area contributed by atoms with Crippen LogP contribution in [0.2, 0.25) is 0 Å². The van der Waals surface area contributed by atoms with E-state index in [-0.39, 0.29) is 11.4 Å². The minimum Gasteiger partial charge on any atom is -0.455 e. The van der Waals surface area contributed by atoms with E-state index < -0.39 is 27.8 Å². The Hall–Kier alpha value is -3.23. The van der Waals surface area contributed by atoms with Crippen LogP contribution in [0.5, 0.6) is 11.5 Å². The van der Waals surface area contributed by atoms with E-state index in [4.69, 9.17) is 4.74 Å². The summed E-state index contributed by atoms with van der Waals surface area (Å²) < 4.78 is 46.3. The van der Waals surface area contributed by atoms with Crippen molar-refractivity contribution in [1.29, 1.82) is 0 Å². The highest BCUT2D eigenvalue weighted by Crippen LogP contribution is 2.31. The smallest absolute Gasteiger partial charge is 0.243 e. The first kappa shape index (κ1) is 21.0. The lowest BCUT2D eigenvalue weighted by Crippen LogP contribution is -2.43. The largest absolute Gasteiger partial charge is 0.455 e. The molecule has 1 aliphatic heterocycles. The molecule has 1 saturated heterocycles. The molecule has 1 amide bonds. The Morgan fingerprint density at radius 1 is 0.968 bits per heavy atom. The molecule has 1 N–H and O–H groups in total. The molecule has 0 bridgehead atoms. The number of rotatable bonds is 6. The van der Waals surface area contributed by atoms with Crippen molar-refractivity contribution in [2.24, 2.45) is 0 Å². The predicted octanol–water partition coefficient (Wildman–Crippen LogP) is 4.41. The minimum atomic E-state index is -3.93. The van der Waals surface area contributed by atoms with Gasteiger partial charge < -0.3 is 10.1 Å². The van der Waals surface area contributed by atoms with Crippen molar-refractivity contribution in [2.45, 2.75) is 23.8 Å². The summed E-state index contributed by atoms with van der Waals surface area (Å²) in [5.41, 5.74) is 0.447. The van der Waals surface area contributed by atoms with Gasteiger partial charge in [-0.2, -0.15) is 4.31 Å². The first-order chi connectivity index (χ1) is 14.9. The molecule has 1 aliphatic rings. The molecule has 3 aromatic rings. The van der Waals surface area contributed by atoms with Crippen molar-refractivity contribution in [3.05, 3.63) is 84.7 Å². The molecular formula is C23H21FN2O4S. The van der Waals surface area contributed by atoms with Gasteiger partial charge in [0.05, 0.1) is 10.6 Å². The third kappa shape index (κ3) is 4.60. The number of hydrogen-bond acceptors (Lipinski definition) is 4. The fourth-order valence-corrected chi connectivity index (χ4v) is 5.18. The van der Waals surface area contributed by atoms with E-state index in [1.807, 2.05) is 18.2 Å². The number of nitrogens with one attached hydrogen (secondary N) is 1. The van der Waals surface area contributed by atoms with Gasteiger partial charge in [-0.1, -0.05) is 30.3 Å². The molecule has 0 radical (unpaired) electrons. The number of carbonyl (C=O) groups is 1. The Balaban J connectivity index is 1.54. The molecule has 1 unspecified atom stereocenters. The molecule has 31 heavy (non-hydrogen) atoms. The Morgan fingerprint density at radius 3 is 2.39 bits per heavy atom.